The van der Waals surface area contributed by atoms with Crippen molar-refractivity contribution < 1.29 is 0 Å². The number of aliphatic imine (C=N–C) groups is 1. The number of nitrogens with zero attached hydrogens (tertiary/aromatic N) is 2. The highest BCUT2D eigenvalue weighted by molar-refractivity contribution is 6.50. The lowest BCUT2D eigenvalue weighted by atomic mass is 10.2. The van der Waals surface area contributed by atoms with E-state index in [1.807, 2.05) is 0 Å². The third-order valence-corrected chi connectivity index (χ3v) is 1.89. The molecule has 1 N–H and O–H groups in total. The van der Waals surface area contributed by atoms with Crippen molar-refractivity contribution in [1.82, 2.24) is 4.98 Å². The van der Waals surface area contributed by atoms with Crippen molar-refractivity contribution in [2.24, 2.45) is 4.99 Å². The van der Waals surface area contributed by atoms with Gasteiger partial charge in [-0.05, 0) is 6.07 Å². The summed E-state index contributed by atoms with van der Waals surface area (Å²) in [7, 11) is 0. The number of halogens is 2. The van der Waals surface area contributed by atoms with E-state index in [4.69, 9.17) is 23.2 Å². The average molecular weight is 202 g/mol. The van der Waals surface area contributed by atoms with Crippen LogP contribution in [0.2, 0.25) is 0 Å². The Morgan fingerprint density at radius 3 is 3.08 bits per heavy atom. The minimum absolute atomic E-state index is 0.838. The minimum Gasteiger partial charge on any atom is -0.335 e. The molecule has 1 aliphatic heterocycles. The fourth-order valence-corrected chi connectivity index (χ4v) is 1.27. The number of rotatable bonds is 0. The average Bonchev–Trinajstić information content (AvgIpc) is 2.02. The number of aromatic nitrogens is 1. The summed E-state index contributed by atoms with van der Waals surface area (Å²) < 4.78 is -1.24. The van der Waals surface area contributed by atoms with E-state index in [-0.39, 0.29) is 0 Å². The lowest BCUT2D eigenvalue weighted by Gasteiger charge is -2.22. The summed E-state index contributed by atoms with van der Waals surface area (Å²) >= 11 is 11.5. The Morgan fingerprint density at radius 2 is 2.25 bits per heavy atom. The van der Waals surface area contributed by atoms with Gasteiger partial charge in [-0.15, -0.1) is 0 Å². The zero-order valence-electron chi connectivity index (χ0n) is 5.96. The Labute approximate surface area is 79.4 Å². The van der Waals surface area contributed by atoms with Crippen molar-refractivity contribution in [1.29, 1.82) is 0 Å². The lowest BCUT2D eigenvalue weighted by Crippen LogP contribution is -2.26. The Bertz CT molecular complexity index is 335. The molecule has 1 aliphatic rings. The SMILES string of the molecule is ClC1(Cl)N=Cc2cnccc2N1. The summed E-state index contributed by atoms with van der Waals surface area (Å²) in [6.07, 6.45) is 4.95. The Morgan fingerprint density at radius 1 is 1.42 bits per heavy atom. The molecule has 0 aliphatic carbocycles. The molecule has 2 heterocycles. The molecular formula is C7H5Cl2N3. The third kappa shape index (κ3) is 1.38. The van der Waals surface area contributed by atoms with Crippen molar-refractivity contribution in [3.05, 3.63) is 24.0 Å². The normalized spacial score (nSPS) is 18.2. The first-order valence-corrected chi connectivity index (χ1v) is 4.08. The van der Waals surface area contributed by atoms with E-state index in [1.54, 1.807) is 24.7 Å². The van der Waals surface area contributed by atoms with Crippen molar-refractivity contribution >= 4 is 35.1 Å². The summed E-state index contributed by atoms with van der Waals surface area (Å²) in [5, 5.41) is 2.83. The lowest BCUT2D eigenvalue weighted by molar-refractivity contribution is 0.943. The maximum atomic E-state index is 5.74. The maximum Gasteiger partial charge on any atom is 0.285 e. The van der Waals surface area contributed by atoms with E-state index in [0.29, 0.717) is 0 Å². The molecule has 1 aromatic heterocycles. The predicted octanol–water partition coefficient (Wildman–Crippen LogP) is 2.01. The van der Waals surface area contributed by atoms with Gasteiger partial charge in [0.1, 0.15) is 0 Å². The Kier molecular flexibility index (Phi) is 1.70. The number of hydrogen-bond donors (Lipinski definition) is 1. The molecule has 1 aromatic rings. The van der Waals surface area contributed by atoms with Crippen LogP contribution >= 0.6 is 23.2 Å². The van der Waals surface area contributed by atoms with E-state index in [2.05, 4.69) is 15.3 Å². The minimum atomic E-state index is -1.24. The fraction of sp³-hybridized carbons (Fsp3) is 0.143. The topological polar surface area (TPSA) is 37.3 Å². The largest absolute Gasteiger partial charge is 0.335 e. The van der Waals surface area contributed by atoms with Gasteiger partial charge in [0.25, 0.3) is 4.58 Å². The summed E-state index contributed by atoms with van der Waals surface area (Å²) in [5.41, 5.74) is 1.72. The molecule has 0 unspecified atom stereocenters. The van der Waals surface area contributed by atoms with Crippen LogP contribution in [0.5, 0.6) is 0 Å². The van der Waals surface area contributed by atoms with Crippen LogP contribution in [0.15, 0.2) is 23.5 Å². The second-order valence-electron chi connectivity index (χ2n) is 2.39. The molecule has 0 fully saturated rings. The van der Waals surface area contributed by atoms with Gasteiger partial charge in [0, 0.05) is 29.9 Å². The molecule has 0 radical (unpaired) electrons. The van der Waals surface area contributed by atoms with Gasteiger partial charge in [0.2, 0.25) is 0 Å². The monoisotopic (exact) mass is 201 g/mol. The zero-order valence-corrected chi connectivity index (χ0v) is 7.47. The molecule has 0 bridgehead atoms. The molecule has 2 rings (SSSR count). The Hall–Kier alpha value is -0.800. The van der Waals surface area contributed by atoms with Gasteiger partial charge < -0.3 is 5.32 Å². The second kappa shape index (κ2) is 2.61. The van der Waals surface area contributed by atoms with Crippen molar-refractivity contribution in [2.75, 3.05) is 5.32 Å². The summed E-state index contributed by atoms with van der Waals surface area (Å²) in [6.45, 7) is 0. The molecular weight excluding hydrogens is 197 g/mol. The van der Waals surface area contributed by atoms with Gasteiger partial charge >= 0.3 is 0 Å². The third-order valence-electron chi connectivity index (χ3n) is 1.50. The quantitative estimate of drug-likeness (QED) is 0.516. The van der Waals surface area contributed by atoms with Crippen LogP contribution in [-0.4, -0.2) is 15.8 Å². The highest BCUT2D eigenvalue weighted by Gasteiger charge is 2.25. The second-order valence-corrected chi connectivity index (χ2v) is 3.67. The molecule has 0 aromatic carbocycles. The van der Waals surface area contributed by atoms with Gasteiger partial charge in [-0.1, -0.05) is 23.2 Å². The molecule has 0 saturated heterocycles. The van der Waals surface area contributed by atoms with Crippen molar-refractivity contribution in [3.8, 4) is 0 Å². The van der Waals surface area contributed by atoms with E-state index in [0.717, 1.165) is 11.3 Å². The highest BCUT2D eigenvalue weighted by atomic mass is 35.5. The first-order valence-electron chi connectivity index (χ1n) is 3.33. The number of anilines is 1. The molecule has 0 saturated carbocycles. The smallest absolute Gasteiger partial charge is 0.285 e. The van der Waals surface area contributed by atoms with E-state index < -0.39 is 4.58 Å². The summed E-state index contributed by atoms with van der Waals surface area (Å²) in [4.78, 5) is 7.79. The van der Waals surface area contributed by atoms with Crippen LogP contribution in [0.1, 0.15) is 5.56 Å². The molecule has 62 valence electrons. The first kappa shape index (κ1) is 7.83. The number of alkyl halides is 2. The van der Waals surface area contributed by atoms with Gasteiger partial charge in [0.15, 0.2) is 0 Å². The van der Waals surface area contributed by atoms with Crippen LogP contribution in [0.4, 0.5) is 5.69 Å². The predicted molar refractivity (Wildman–Crippen MR) is 49.9 cm³/mol. The van der Waals surface area contributed by atoms with Crippen LogP contribution < -0.4 is 5.32 Å². The number of fused-ring (bicyclic) bond motifs is 1. The summed E-state index contributed by atoms with van der Waals surface area (Å²) in [5.74, 6) is 0. The molecule has 5 heteroatoms. The molecule has 0 spiro atoms. The van der Waals surface area contributed by atoms with Crippen LogP contribution in [0.25, 0.3) is 0 Å². The highest BCUT2D eigenvalue weighted by Crippen LogP contribution is 2.29. The molecule has 12 heavy (non-hydrogen) atoms. The number of hydrogen-bond acceptors (Lipinski definition) is 3. The number of pyridine rings is 1. The van der Waals surface area contributed by atoms with Crippen LogP contribution in [-0.2, 0) is 0 Å². The van der Waals surface area contributed by atoms with Gasteiger partial charge in [-0.2, -0.15) is 0 Å². The van der Waals surface area contributed by atoms with Crippen LogP contribution in [0, 0.1) is 0 Å². The first-order chi connectivity index (χ1) is 5.67. The summed E-state index contributed by atoms with van der Waals surface area (Å²) in [6, 6.07) is 1.79. The van der Waals surface area contributed by atoms with Crippen LogP contribution in [0.3, 0.4) is 0 Å². The standard InChI is InChI=1S/C7H5Cl2N3/c8-7(9)11-4-5-3-10-2-1-6(5)12-7/h1-4,12H. The van der Waals surface area contributed by atoms with Crippen molar-refractivity contribution in [3.63, 3.8) is 0 Å². The van der Waals surface area contributed by atoms with Gasteiger partial charge in [-0.25, -0.2) is 4.99 Å². The molecule has 0 amide bonds. The molecule has 0 atom stereocenters. The van der Waals surface area contributed by atoms with E-state index in [1.165, 1.54) is 0 Å². The van der Waals surface area contributed by atoms with E-state index in [9.17, 15) is 0 Å². The molecule has 3 nitrogen and oxygen atoms in total. The zero-order chi connectivity index (χ0) is 8.60. The van der Waals surface area contributed by atoms with E-state index >= 15 is 0 Å². The van der Waals surface area contributed by atoms with Gasteiger partial charge in [-0.3, -0.25) is 4.98 Å². The maximum absolute atomic E-state index is 5.74. The van der Waals surface area contributed by atoms with Gasteiger partial charge in [0.05, 0.1) is 0 Å². The van der Waals surface area contributed by atoms with Crippen molar-refractivity contribution in [2.45, 2.75) is 4.58 Å². The number of nitrogens with one attached hydrogen (secondary N) is 1. The fourth-order valence-electron chi connectivity index (χ4n) is 0.968. The Balaban J connectivity index is 2.46.